The van der Waals surface area contributed by atoms with E-state index in [9.17, 15) is 18.0 Å². The second-order valence-corrected chi connectivity index (χ2v) is 7.33. The molecule has 0 bridgehead atoms. The monoisotopic (exact) mass is 423 g/mol. The number of anilines is 1. The van der Waals surface area contributed by atoms with Crippen LogP contribution in [0.5, 0.6) is 0 Å². The summed E-state index contributed by atoms with van der Waals surface area (Å²) < 4.78 is 44.0. The van der Waals surface area contributed by atoms with Gasteiger partial charge in [-0.25, -0.2) is 4.98 Å². The van der Waals surface area contributed by atoms with Gasteiger partial charge >= 0.3 is 6.18 Å². The lowest BCUT2D eigenvalue weighted by Crippen LogP contribution is -2.18. The molecule has 2 aromatic carbocycles. The van der Waals surface area contributed by atoms with Gasteiger partial charge in [-0.15, -0.1) is 0 Å². The number of hydrogen-bond acceptors (Lipinski definition) is 4. The predicted octanol–water partition coefficient (Wildman–Crippen LogP) is 5.35. The van der Waals surface area contributed by atoms with E-state index in [4.69, 9.17) is 16.0 Å². The molecular formula is C20H17ClF3N3O2. The van der Waals surface area contributed by atoms with Gasteiger partial charge in [0.1, 0.15) is 5.52 Å². The zero-order valence-electron chi connectivity index (χ0n) is 15.2. The molecule has 0 spiro atoms. The lowest BCUT2D eigenvalue weighted by atomic mass is 10.1. The second-order valence-electron chi connectivity index (χ2n) is 6.92. The summed E-state index contributed by atoms with van der Waals surface area (Å²) in [6.07, 6.45) is -2.19. The molecule has 1 amide bonds. The summed E-state index contributed by atoms with van der Waals surface area (Å²) in [5.74, 6) is 0.0000185. The van der Waals surface area contributed by atoms with Crippen LogP contribution in [0.4, 0.5) is 18.9 Å². The van der Waals surface area contributed by atoms with Gasteiger partial charge in [0, 0.05) is 5.69 Å². The maximum Gasteiger partial charge on any atom is 0.416 e. The van der Waals surface area contributed by atoms with E-state index in [0.717, 1.165) is 31.3 Å². The third kappa shape index (κ3) is 4.38. The first kappa shape index (κ1) is 19.7. The molecule has 2 heterocycles. The fraction of sp³-hybridized carbons (Fsp3) is 0.300. The Kier molecular flexibility index (Phi) is 5.23. The molecule has 1 N–H and O–H groups in total. The van der Waals surface area contributed by atoms with Gasteiger partial charge in [0.15, 0.2) is 5.58 Å². The molecule has 0 radical (unpaired) electrons. The number of fused-ring (bicyclic) bond motifs is 1. The molecule has 152 valence electrons. The van der Waals surface area contributed by atoms with Crippen LogP contribution in [0.15, 0.2) is 40.8 Å². The summed E-state index contributed by atoms with van der Waals surface area (Å²) in [6.45, 7) is 2.68. The summed E-state index contributed by atoms with van der Waals surface area (Å²) in [7, 11) is 0. The lowest BCUT2D eigenvalue weighted by Gasteiger charge is -2.10. The Hall–Kier alpha value is -2.58. The third-order valence-corrected chi connectivity index (χ3v) is 5.10. The molecular weight excluding hydrogens is 407 g/mol. The van der Waals surface area contributed by atoms with Gasteiger partial charge < -0.3 is 9.73 Å². The van der Waals surface area contributed by atoms with Crippen LogP contribution in [-0.2, 0) is 12.7 Å². The van der Waals surface area contributed by atoms with Gasteiger partial charge in [-0.1, -0.05) is 11.6 Å². The molecule has 3 aromatic rings. The predicted molar refractivity (Wildman–Crippen MR) is 103 cm³/mol. The molecule has 1 aliphatic heterocycles. The van der Waals surface area contributed by atoms with Crippen molar-refractivity contribution in [1.82, 2.24) is 9.88 Å². The number of halogens is 4. The van der Waals surface area contributed by atoms with Crippen molar-refractivity contribution in [3.05, 3.63) is 58.4 Å². The molecule has 1 aliphatic rings. The minimum atomic E-state index is -4.52. The lowest BCUT2D eigenvalue weighted by molar-refractivity contribution is -0.137. The number of rotatable bonds is 4. The number of hydrogen-bond donors (Lipinski definition) is 1. The first-order chi connectivity index (χ1) is 13.8. The first-order valence-electron chi connectivity index (χ1n) is 9.09. The highest BCUT2D eigenvalue weighted by Gasteiger charge is 2.31. The standard InChI is InChI=1S/C20H17ClF3N3O2/c21-15-9-12(20(22,23)24)3-5-14(15)19(28)25-13-4-6-17-16(10-13)26-18(29-17)11-27-7-1-2-8-27/h3-6,9-10H,1-2,7-8,11H2,(H,25,28). The van der Waals surface area contributed by atoms with E-state index in [0.29, 0.717) is 29.2 Å². The molecule has 1 saturated heterocycles. The third-order valence-electron chi connectivity index (χ3n) is 4.79. The van der Waals surface area contributed by atoms with E-state index in [-0.39, 0.29) is 10.6 Å². The first-order valence-corrected chi connectivity index (χ1v) is 9.47. The van der Waals surface area contributed by atoms with Crippen LogP contribution in [0.25, 0.3) is 11.1 Å². The number of benzene rings is 2. The average molecular weight is 424 g/mol. The fourth-order valence-electron chi connectivity index (χ4n) is 3.33. The minimum absolute atomic E-state index is 0.0466. The van der Waals surface area contributed by atoms with Crippen molar-refractivity contribution < 1.29 is 22.4 Å². The van der Waals surface area contributed by atoms with Crippen LogP contribution in [0, 0.1) is 0 Å². The maximum atomic E-state index is 12.7. The number of amides is 1. The smallest absolute Gasteiger partial charge is 0.416 e. The number of likely N-dealkylation sites (tertiary alicyclic amines) is 1. The number of carbonyl (C=O) groups excluding carboxylic acids is 1. The molecule has 29 heavy (non-hydrogen) atoms. The topological polar surface area (TPSA) is 58.4 Å². The molecule has 0 atom stereocenters. The summed E-state index contributed by atoms with van der Waals surface area (Å²) in [5.41, 5.74) is 0.683. The van der Waals surface area contributed by atoms with Crippen molar-refractivity contribution in [2.24, 2.45) is 0 Å². The highest BCUT2D eigenvalue weighted by Crippen LogP contribution is 2.32. The zero-order valence-corrected chi connectivity index (χ0v) is 16.0. The van der Waals surface area contributed by atoms with Crippen molar-refractivity contribution in [2.75, 3.05) is 18.4 Å². The SMILES string of the molecule is O=C(Nc1ccc2oc(CN3CCCC3)nc2c1)c1ccc(C(F)(F)F)cc1Cl. The van der Waals surface area contributed by atoms with E-state index < -0.39 is 17.6 Å². The Morgan fingerprint density at radius 1 is 1.17 bits per heavy atom. The number of nitrogens with zero attached hydrogens (tertiary/aromatic N) is 2. The Balaban J connectivity index is 1.50. The number of carbonyl (C=O) groups is 1. The fourth-order valence-corrected chi connectivity index (χ4v) is 3.59. The largest absolute Gasteiger partial charge is 0.439 e. The van der Waals surface area contributed by atoms with Crippen LogP contribution in [0.1, 0.15) is 34.7 Å². The van der Waals surface area contributed by atoms with E-state index >= 15 is 0 Å². The average Bonchev–Trinajstić information content (AvgIpc) is 3.29. The number of oxazole rings is 1. The summed E-state index contributed by atoms with van der Waals surface area (Å²) in [5, 5.41) is 2.36. The van der Waals surface area contributed by atoms with E-state index in [1.807, 2.05) is 0 Å². The molecule has 1 fully saturated rings. The van der Waals surface area contributed by atoms with E-state index in [2.05, 4.69) is 15.2 Å². The normalized spacial score (nSPS) is 15.2. The van der Waals surface area contributed by atoms with Crippen molar-refractivity contribution >= 4 is 34.3 Å². The van der Waals surface area contributed by atoms with Crippen molar-refractivity contribution in [2.45, 2.75) is 25.6 Å². The molecule has 1 aromatic heterocycles. The number of aromatic nitrogens is 1. The molecule has 9 heteroatoms. The van der Waals surface area contributed by atoms with Crippen LogP contribution in [0.2, 0.25) is 5.02 Å². The van der Waals surface area contributed by atoms with Gasteiger partial charge in [-0.05, 0) is 62.3 Å². The van der Waals surface area contributed by atoms with Crippen molar-refractivity contribution in [1.29, 1.82) is 0 Å². The van der Waals surface area contributed by atoms with E-state index in [1.165, 1.54) is 12.8 Å². The number of nitrogens with one attached hydrogen (secondary N) is 1. The maximum absolute atomic E-state index is 12.7. The van der Waals surface area contributed by atoms with Crippen molar-refractivity contribution in [3.8, 4) is 0 Å². The Labute approximate surface area is 169 Å². The molecule has 0 unspecified atom stereocenters. The molecule has 5 nitrogen and oxygen atoms in total. The summed E-state index contributed by atoms with van der Waals surface area (Å²) in [4.78, 5) is 19.2. The van der Waals surface area contributed by atoms with Crippen LogP contribution in [0.3, 0.4) is 0 Å². The molecule has 0 aliphatic carbocycles. The van der Waals surface area contributed by atoms with Crippen molar-refractivity contribution in [3.63, 3.8) is 0 Å². The molecule has 0 saturated carbocycles. The minimum Gasteiger partial charge on any atom is -0.439 e. The van der Waals surface area contributed by atoms with Gasteiger partial charge in [-0.2, -0.15) is 13.2 Å². The second kappa shape index (κ2) is 7.68. The summed E-state index contributed by atoms with van der Waals surface area (Å²) in [6, 6.07) is 7.61. The van der Waals surface area contributed by atoms with Gasteiger partial charge in [0.25, 0.3) is 5.91 Å². The highest BCUT2D eigenvalue weighted by molar-refractivity contribution is 6.34. The molecule has 4 rings (SSSR count). The van der Waals surface area contributed by atoms with Gasteiger partial charge in [0.2, 0.25) is 5.89 Å². The van der Waals surface area contributed by atoms with Crippen LogP contribution < -0.4 is 5.32 Å². The van der Waals surface area contributed by atoms with Gasteiger partial charge in [-0.3, -0.25) is 9.69 Å². The van der Waals surface area contributed by atoms with Crippen LogP contribution >= 0.6 is 11.6 Å². The van der Waals surface area contributed by atoms with Crippen LogP contribution in [-0.4, -0.2) is 28.9 Å². The Morgan fingerprint density at radius 3 is 2.62 bits per heavy atom. The summed E-state index contributed by atoms with van der Waals surface area (Å²) >= 11 is 5.88. The quantitative estimate of drug-likeness (QED) is 0.614. The Morgan fingerprint density at radius 2 is 1.93 bits per heavy atom. The zero-order chi connectivity index (χ0) is 20.6. The van der Waals surface area contributed by atoms with Gasteiger partial charge in [0.05, 0.1) is 22.7 Å². The number of alkyl halides is 3. The highest BCUT2D eigenvalue weighted by atomic mass is 35.5. The Bertz CT molecular complexity index is 1060. The van der Waals surface area contributed by atoms with E-state index in [1.54, 1.807) is 18.2 Å².